The second-order valence-electron chi connectivity index (χ2n) is 10.9. The Morgan fingerprint density at radius 3 is 1.95 bits per heavy atom. The summed E-state index contributed by atoms with van der Waals surface area (Å²) in [6, 6.07) is 20.7. The number of rotatable bonds is 8. The van der Waals surface area contributed by atoms with E-state index < -0.39 is 41.2 Å². The minimum atomic E-state index is -4.94. The van der Waals surface area contributed by atoms with Crippen molar-refractivity contribution in [2.24, 2.45) is 0 Å². The summed E-state index contributed by atoms with van der Waals surface area (Å²) in [5.74, 6) is -0.166. The van der Waals surface area contributed by atoms with Gasteiger partial charge in [0.1, 0.15) is 0 Å². The Morgan fingerprint density at radius 1 is 0.854 bits per heavy atom. The standard InChI is InChI=1S/C31H32F6N2O2/c1-22(40)38-28(2)13-14-29(25-11-7-4-8-12-25,39(20-28)18-23-9-5-3-6-10-23)21-41-19-24-15-26(30(32,33)34)17-27(16-24)31(35,36)37/h3-12,15-17H,13-14,18-21H2,1-2H3,(H,38,40)/t28-,29-/m0/s1. The van der Waals surface area contributed by atoms with Gasteiger partial charge in [0.25, 0.3) is 0 Å². The molecule has 1 amide bonds. The van der Waals surface area contributed by atoms with Crippen LogP contribution < -0.4 is 5.32 Å². The van der Waals surface area contributed by atoms with Gasteiger partial charge in [-0.1, -0.05) is 60.7 Å². The van der Waals surface area contributed by atoms with Crippen molar-refractivity contribution < 1.29 is 35.9 Å². The van der Waals surface area contributed by atoms with Gasteiger partial charge >= 0.3 is 12.4 Å². The van der Waals surface area contributed by atoms with Gasteiger partial charge in [-0.25, -0.2) is 0 Å². The number of nitrogens with zero attached hydrogens (tertiary/aromatic N) is 1. The molecule has 1 saturated heterocycles. The monoisotopic (exact) mass is 578 g/mol. The van der Waals surface area contributed by atoms with Crippen LogP contribution in [0.25, 0.3) is 0 Å². The van der Waals surface area contributed by atoms with Crippen LogP contribution in [0.15, 0.2) is 78.9 Å². The minimum absolute atomic E-state index is 0.0115. The van der Waals surface area contributed by atoms with Gasteiger partial charge in [-0.2, -0.15) is 26.3 Å². The predicted octanol–water partition coefficient (Wildman–Crippen LogP) is 7.33. The number of carbonyl (C=O) groups is 1. The van der Waals surface area contributed by atoms with Crippen LogP contribution in [0.2, 0.25) is 0 Å². The number of ether oxygens (including phenoxy) is 1. The molecule has 1 aliphatic heterocycles. The van der Waals surface area contributed by atoms with Crippen LogP contribution in [0.3, 0.4) is 0 Å². The summed E-state index contributed by atoms with van der Waals surface area (Å²) in [5, 5.41) is 3.05. The molecule has 3 aromatic carbocycles. The first-order valence-electron chi connectivity index (χ1n) is 13.2. The number of nitrogens with one attached hydrogen (secondary N) is 1. The zero-order valence-electron chi connectivity index (χ0n) is 22.8. The van der Waals surface area contributed by atoms with E-state index in [1.807, 2.05) is 67.6 Å². The van der Waals surface area contributed by atoms with Gasteiger partial charge in [-0.15, -0.1) is 0 Å². The number of halogens is 6. The maximum absolute atomic E-state index is 13.4. The Labute approximate surface area is 235 Å². The van der Waals surface area contributed by atoms with E-state index in [1.165, 1.54) is 6.92 Å². The number of hydrogen-bond acceptors (Lipinski definition) is 3. The van der Waals surface area contributed by atoms with E-state index in [2.05, 4.69) is 10.2 Å². The molecule has 220 valence electrons. The Balaban J connectivity index is 1.69. The summed E-state index contributed by atoms with van der Waals surface area (Å²) >= 11 is 0. The molecular formula is C31H32F6N2O2. The lowest BCUT2D eigenvalue weighted by atomic mass is 9.75. The second kappa shape index (κ2) is 11.9. The third-order valence-electron chi connectivity index (χ3n) is 7.50. The maximum Gasteiger partial charge on any atom is 0.416 e. The quantitative estimate of drug-likeness (QED) is 0.285. The topological polar surface area (TPSA) is 41.6 Å². The van der Waals surface area contributed by atoms with Crippen molar-refractivity contribution in [3.8, 4) is 0 Å². The van der Waals surface area contributed by atoms with Crippen molar-refractivity contribution in [3.05, 3.63) is 107 Å². The maximum atomic E-state index is 13.4. The normalized spacial score (nSPS) is 22.0. The number of hydrogen-bond donors (Lipinski definition) is 1. The van der Waals surface area contributed by atoms with Crippen LogP contribution >= 0.6 is 0 Å². The van der Waals surface area contributed by atoms with Crippen LogP contribution in [0, 0.1) is 0 Å². The van der Waals surface area contributed by atoms with Gasteiger partial charge < -0.3 is 10.1 Å². The fraction of sp³-hybridized carbons (Fsp3) is 0.387. The van der Waals surface area contributed by atoms with E-state index in [4.69, 9.17) is 4.74 Å². The zero-order valence-corrected chi connectivity index (χ0v) is 22.8. The van der Waals surface area contributed by atoms with Gasteiger partial charge in [-0.3, -0.25) is 9.69 Å². The molecule has 0 unspecified atom stereocenters. The van der Waals surface area contributed by atoms with Crippen molar-refractivity contribution >= 4 is 5.91 Å². The van der Waals surface area contributed by atoms with E-state index >= 15 is 0 Å². The number of piperidine rings is 1. The fourth-order valence-corrected chi connectivity index (χ4v) is 5.59. The molecule has 10 heteroatoms. The largest absolute Gasteiger partial charge is 0.416 e. The summed E-state index contributed by atoms with van der Waals surface area (Å²) in [6.45, 7) is 3.92. The van der Waals surface area contributed by atoms with Gasteiger partial charge in [0.15, 0.2) is 0 Å². The molecule has 1 N–H and O–H groups in total. The van der Waals surface area contributed by atoms with Crippen molar-refractivity contribution in [3.63, 3.8) is 0 Å². The van der Waals surface area contributed by atoms with Crippen LogP contribution in [-0.2, 0) is 40.6 Å². The van der Waals surface area contributed by atoms with Crippen molar-refractivity contribution in [1.29, 1.82) is 0 Å². The molecule has 0 bridgehead atoms. The molecule has 3 aromatic rings. The van der Waals surface area contributed by atoms with E-state index in [-0.39, 0.29) is 24.1 Å². The lowest BCUT2D eigenvalue weighted by Crippen LogP contribution is -2.63. The van der Waals surface area contributed by atoms with Gasteiger partial charge in [0.2, 0.25) is 5.91 Å². The molecular weight excluding hydrogens is 546 g/mol. The Morgan fingerprint density at radius 2 is 1.41 bits per heavy atom. The van der Waals surface area contributed by atoms with E-state index in [1.54, 1.807) is 0 Å². The molecule has 1 aliphatic rings. The summed E-state index contributed by atoms with van der Waals surface area (Å²) in [6.07, 6.45) is -8.77. The first-order valence-corrected chi connectivity index (χ1v) is 13.2. The molecule has 2 atom stereocenters. The molecule has 0 aliphatic carbocycles. The molecule has 0 aromatic heterocycles. The van der Waals surface area contributed by atoms with Gasteiger partial charge in [-0.05, 0) is 54.7 Å². The van der Waals surface area contributed by atoms with Crippen molar-refractivity contribution in [2.45, 2.75) is 63.3 Å². The minimum Gasteiger partial charge on any atom is -0.374 e. The SMILES string of the molecule is CC(=O)N[C@@]1(C)CC[C@](COCc2cc(C(F)(F)F)cc(C(F)(F)F)c2)(c2ccccc2)N(Cc2ccccc2)C1. The lowest BCUT2D eigenvalue weighted by molar-refractivity contribution is -0.143. The Kier molecular flexibility index (Phi) is 8.84. The first-order chi connectivity index (χ1) is 19.2. The van der Waals surface area contributed by atoms with Crippen LogP contribution in [0.5, 0.6) is 0 Å². The average Bonchev–Trinajstić information content (AvgIpc) is 2.89. The highest BCUT2D eigenvalue weighted by atomic mass is 19.4. The summed E-state index contributed by atoms with van der Waals surface area (Å²) in [5.41, 5.74) is -2.38. The number of benzene rings is 3. The van der Waals surface area contributed by atoms with Gasteiger partial charge in [0.05, 0.1) is 29.9 Å². The third kappa shape index (κ3) is 7.48. The van der Waals surface area contributed by atoms with Crippen LogP contribution in [0.1, 0.15) is 54.5 Å². The number of amides is 1. The summed E-state index contributed by atoms with van der Waals surface area (Å²) in [4.78, 5) is 14.2. The number of alkyl halides is 6. The Bertz CT molecular complexity index is 1300. The molecule has 41 heavy (non-hydrogen) atoms. The molecule has 4 nitrogen and oxygen atoms in total. The highest BCUT2D eigenvalue weighted by Gasteiger charge is 2.47. The van der Waals surface area contributed by atoms with Crippen molar-refractivity contribution in [1.82, 2.24) is 10.2 Å². The van der Waals surface area contributed by atoms with E-state index in [9.17, 15) is 31.1 Å². The van der Waals surface area contributed by atoms with Gasteiger partial charge in [0, 0.05) is 25.6 Å². The fourth-order valence-electron chi connectivity index (χ4n) is 5.59. The van der Waals surface area contributed by atoms with Crippen LogP contribution in [0.4, 0.5) is 26.3 Å². The zero-order chi connectivity index (χ0) is 29.9. The number of likely N-dealkylation sites (tertiary alicyclic amines) is 1. The van der Waals surface area contributed by atoms with Crippen LogP contribution in [-0.4, -0.2) is 29.5 Å². The lowest BCUT2D eigenvalue weighted by Gasteiger charge is -2.53. The van der Waals surface area contributed by atoms with E-state index in [0.717, 1.165) is 11.1 Å². The summed E-state index contributed by atoms with van der Waals surface area (Å²) in [7, 11) is 0. The molecule has 1 heterocycles. The number of carbonyl (C=O) groups excluding carboxylic acids is 1. The molecule has 1 fully saturated rings. The smallest absolute Gasteiger partial charge is 0.374 e. The van der Waals surface area contributed by atoms with E-state index in [0.29, 0.717) is 38.1 Å². The summed E-state index contributed by atoms with van der Waals surface area (Å²) < 4.78 is 86.5. The van der Waals surface area contributed by atoms with Crippen molar-refractivity contribution in [2.75, 3.05) is 13.2 Å². The highest BCUT2D eigenvalue weighted by Crippen LogP contribution is 2.43. The predicted molar refractivity (Wildman–Crippen MR) is 143 cm³/mol. The molecule has 0 spiro atoms. The average molecular weight is 579 g/mol. The second-order valence-corrected chi connectivity index (χ2v) is 10.9. The highest BCUT2D eigenvalue weighted by molar-refractivity contribution is 5.73. The Hall–Kier alpha value is -3.37. The first kappa shape index (κ1) is 30.6. The molecule has 0 saturated carbocycles. The molecule has 4 rings (SSSR count). The molecule has 0 radical (unpaired) electrons. The third-order valence-corrected chi connectivity index (χ3v) is 7.50.